The zero-order valence-electron chi connectivity index (χ0n) is 17.6. The maximum Gasteiger partial charge on any atom is 0.239 e. The van der Waals surface area contributed by atoms with Crippen molar-refractivity contribution in [3.63, 3.8) is 0 Å². The molecule has 0 unspecified atom stereocenters. The zero-order chi connectivity index (χ0) is 20.5. The van der Waals surface area contributed by atoms with Crippen LogP contribution in [0.2, 0.25) is 0 Å². The Kier molecular flexibility index (Phi) is 8.90. The third-order valence-electron chi connectivity index (χ3n) is 4.62. The summed E-state index contributed by atoms with van der Waals surface area (Å²) in [7, 11) is 0. The van der Waals surface area contributed by atoms with E-state index in [1.54, 1.807) is 4.90 Å². The Morgan fingerprint density at radius 1 is 1.04 bits per heavy atom. The standard InChI is InChI=1S/C23H34N2O3/c1-5-27-22(28-6-2)16-25(23(26)21(24)13-17(3)4)15-18-11-12-19-9-7-8-10-20(19)14-18/h7-12,14,17,21-22H,5-6,13,15-16,24H2,1-4H3/t21-/m0/s1. The van der Waals surface area contributed by atoms with Gasteiger partial charge in [0.2, 0.25) is 5.91 Å². The summed E-state index contributed by atoms with van der Waals surface area (Å²) in [5.74, 6) is 0.294. The van der Waals surface area contributed by atoms with Crippen molar-refractivity contribution in [2.45, 2.75) is 53.0 Å². The van der Waals surface area contributed by atoms with Crippen molar-refractivity contribution in [2.24, 2.45) is 11.7 Å². The second-order valence-corrected chi connectivity index (χ2v) is 7.48. The fourth-order valence-electron chi connectivity index (χ4n) is 3.34. The maximum absolute atomic E-state index is 13.1. The maximum atomic E-state index is 13.1. The Morgan fingerprint density at radius 2 is 1.68 bits per heavy atom. The molecule has 2 N–H and O–H groups in total. The fraction of sp³-hybridized carbons (Fsp3) is 0.522. The molecule has 5 heteroatoms. The van der Waals surface area contributed by atoms with Crippen LogP contribution >= 0.6 is 0 Å². The molecule has 1 atom stereocenters. The third-order valence-corrected chi connectivity index (χ3v) is 4.62. The number of carbonyl (C=O) groups is 1. The van der Waals surface area contributed by atoms with Crippen LogP contribution in [0.5, 0.6) is 0 Å². The highest BCUT2D eigenvalue weighted by Crippen LogP contribution is 2.18. The molecule has 2 aromatic carbocycles. The minimum absolute atomic E-state index is 0.0636. The Morgan fingerprint density at radius 3 is 2.29 bits per heavy atom. The number of hydrogen-bond acceptors (Lipinski definition) is 4. The monoisotopic (exact) mass is 386 g/mol. The predicted molar refractivity (Wildman–Crippen MR) is 114 cm³/mol. The molecular formula is C23H34N2O3. The lowest BCUT2D eigenvalue weighted by molar-refractivity contribution is -0.160. The van der Waals surface area contributed by atoms with Gasteiger partial charge in [-0.2, -0.15) is 0 Å². The van der Waals surface area contributed by atoms with Crippen LogP contribution in [0, 0.1) is 5.92 Å². The SMILES string of the molecule is CCOC(CN(Cc1ccc2ccccc2c1)C(=O)[C@@H](N)CC(C)C)OCC. The Hall–Kier alpha value is -1.95. The summed E-state index contributed by atoms with van der Waals surface area (Å²) in [6.07, 6.45) is 0.201. The Bertz CT molecular complexity index is 741. The molecule has 1 amide bonds. The van der Waals surface area contributed by atoms with E-state index in [-0.39, 0.29) is 5.91 Å². The lowest BCUT2D eigenvalue weighted by Gasteiger charge is -2.30. The summed E-state index contributed by atoms with van der Waals surface area (Å²) < 4.78 is 11.3. The molecule has 0 bridgehead atoms. The minimum Gasteiger partial charge on any atom is -0.351 e. The molecule has 0 aliphatic rings. The highest BCUT2D eigenvalue weighted by molar-refractivity contribution is 5.84. The third kappa shape index (κ3) is 6.59. The fourth-order valence-corrected chi connectivity index (χ4v) is 3.34. The lowest BCUT2D eigenvalue weighted by atomic mass is 10.0. The summed E-state index contributed by atoms with van der Waals surface area (Å²) in [6, 6.07) is 14.0. The highest BCUT2D eigenvalue weighted by atomic mass is 16.7. The van der Waals surface area contributed by atoms with E-state index in [4.69, 9.17) is 15.2 Å². The van der Waals surface area contributed by atoms with Crippen LogP contribution in [-0.2, 0) is 20.8 Å². The molecule has 0 aliphatic carbocycles. The molecule has 154 valence electrons. The van der Waals surface area contributed by atoms with Crippen LogP contribution in [0.15, 0.2) is 42.5 Å². The second-order valence-electron chi connectivity index (χ2n) is 7.48. The summed E-state index contributed by atoms with van der Waals surface area (Å²) in [6.45, 7) is 9.89. The Labute approximate surface area is 168 Å². The van der Waals surface area contributed by atoms with E-state index in [1.165, 1.54) is 5.39 Å². The molecule has 0 aromatic heterocycles. The molecule has 2 rings (SSSR count). The molecule has 28 heavy (non-hydrogen) atoms. The van der Waals surface area contributed by atoms with Crippen LogP contribution in [0.1, 0.15) is 39.7 Å². The topological polar surface area (TPSA) is 64.8 Å². The lowest BCUT2D eigenvalue weighted by Crippen LogP contribution is -2.47. The van der Waals surface area contributed by atoms with Crippen molar-refractivity contribution in [2.75, 3.05) is 19.8 Å². The Balaban J connectivity index is 2.23. The number of nitrogens with two attached hydrogens (primary N) is 1. The molecule has 0 aliphatic heterocycles. The number of amides is 1. The van der Waals surface area contributed by atoms with Gasteiger partial charge in [0.15, 0.2) is 6.29 Å². The number of ether oxygens (including phenoxy) is 2. The van der Waals surface area contributed by atoms with E-state index >= 15 is 0 Å². The molecule has 0 spiro atoms. The summed E-state index contributed by atoms with van der Waals surface area (Å²) in [5.41, 5.74) is 7.28. The van der Waals surface area contributed by atoms with Crippen molar-refractivity contribution >= 4 is 16.7 Å². The molecular weight excluding hydrogens is 352 g/mol. The van der Waals surface area contributed by atoms with E-state index in [0.29, 0.717) is 38.6 Å². The van der Waals surface area contributed by atoms with Gasteiger partial charge in [-0.25, -0.2) is 0 Å². The second kappa shape index (κ2) is 11.1. The van der Waals surface area contributed by atoms with Gasteiger partial charge in [0, 0.05) is 19.8 Å². The quantitative estimate of drug-likeness (QED) is 0.594. The molecule has 5 nitrogen and oxygen atoms in total. The van der Waals surface area contributed by atoms with Crippen LogP contribution in [0.3, 0.4) is 0 Å². The minimum atomic E-state index is -0.524. The van der Waals surface area contributed by atoms with Crippen LogP contribution in [-0.4, -0.2) is 42.9 Å². The van der Waals surface area contributed by atoms with Crippen LogP contribution < -0.4 is 5.73 Å². The summed E-state index contributed by atoms with van der Waals surface area (Å²) >= 11 is 0. The van der Waals surface area contributed by atoms with E-state index in [1.807, 2.05) is 26.0 Å². The van der Waals surface area contributed by atoms with E-state index < -0.39 is 12.3 Å². The predicted octanol–water partition coefficient (Wildman–Crippen LogP) is 3.94. The first kappa shape index (κ1) is 22.3. The van der Waals surface area contributed by atoms with Gasteiger partial charge < -0.3 is 20.1 Å². The summed E-state index contributed by atoms with van der Waals surface area (Å²) in [5, 5.41) is 2.34. The van der Waals surface area contributed by atoms with Crippen molar-refractivity contribution in [3.8, 4) is 0 Å². The number of hydrogen-bond donors (Lipinski definition) is 1. The van der Waals surface area contributed by atoms with Crippen molar-refractivity contribution in [1.29, 1.82) is 0 Å². The van der Waals surface area contributed by atoms with Crippen LogP contribution in [0.25, 0.3) is 10.8 Å². The van der Waals surface area contributed by atoms with Gasteiger partial charge >= 0.3 is 0 Å². The van der Waals surface area contributed by atoms with Crippen molar-refractivity contribution in [3.05, 3.63) is 48.0 Å². The number of fused-ring (bicyclic) bond motifs is 1. The number of nitrogens with zero attached hydrogens (tertiary/aromatic N) is 1. The highest BCUT2D eigenvalue weighted by Gasteiger charge is 2.25. The smallest absolute Gasteiger partial charge is 0.239 e. The summed E-state index contributed by atoms with van der Waals surface area (Å²) in [4.78, 5) is 14.9. The molecule has 0 saturated heterocycles. The average Bonchev–Trinajstić information content (AvgIpc) is 2.66. The van der Waals surface area contributed by atoms with Gasteiger partial charge in [-0.3, -0.25) is 4.79 Å². The molecule has 0 fully saturated rings. The molecule has 0 heterocycles. The molecule has 0 radical (unpaired) electrons. The van der Waals surface area contributed by atoms with Gasteiger partial charge in [0.1, 0.15) is 0 Å². The first-order valence-corrected chi connectivity index (χ1v) is 10.2. The molecule has 2 aromatic rings. The number of benzene rings is 2. The van der Waals surface area contributed by atoms with E-state index in [2.05, 4.69) is 44.2 Å². The van der Waals surface area contributed by atoms with Gasteiger partial charge in [-0.05, 0) is 48.6 Å². The normalized spacial score (nSPS) is 12.7. The van der Waals surface area contributed by atoms with Gasteiger partial charge in [-0.1, -0.05) is 50.2 Å². The first-order chi connectivity index (χ1) is 13.4. The largest absolute Gasteiger partial charge is 0.351 e. The van der Waals surface area contributed by atoms with E-state index in [9.17, 15) is 4.79 Å². The van der Waals surface area contributed by atoms with Crippen molar-refractivity contribution < 1.29 is 14.3 Å². The van der Waals surface area contributed by atoms with Gasteiger partial charge in [0.05, 0.1) is 12.6 Å². The first-order valence-electron chi connectivity index (χ1n) is 10.2. The van der Waals surface area contributed by atoms with Gasteiger partial charge in [-0.15, -0.1) is 0 Å². The molecule has 0 saturated carbocycles. The average molecular weight is 387 g/mol. The zero-order valence-corrected chi connectivity index (χ0v) is 17.6. The number of rotatable bonds is 11. The van der Waals surface area contributed by atoms with Gasteiger partial charge in [0.25, 0.3) is 0 Å². The van der Waals surface area contributed by atoms with Crippen LogP contribution in [0.4, 0.5) is 0 Å². The van der Waals surface area contributed by atoms with Crippen molar-refractivity contribution in [1.82, 2.24) is 4.90 Å². The number of carbonyl (C=O) groups excluding carboxylic acids is 1. The van der Waals surface area contributed by atoms with E-state index in [0.717, 1.165) is 10.9 Å².